The fourth-order valence-electron chi connectivity index (χ4n) is 7.10. The number of nitrogens with zero attached hydrogens (tertiary/aromatic N) is 4. The highest BCUT2D eigenvalue weighted by Crippen LogP contribution is 2.46. The highest BCUT2D eigenvalue weighted by molar-refractivity contribution is 14.1. The first-order chi connectivity index (χ1) is 26.0. The van der Waals surface area contributed by atoms with Crippen molar-refractivity contribution in [3.8, 4) is 17.8 Å². The topological polar surface area (TPSA) is 82.0 Å². The lowest BCUT2D eigenvalue weighted by molar-refractivity contribution is 0.604. The van der Waals surface area contributed by atoms with Crippen LogP contribution in [0.5, 0.6) is 0 Å². The molecule has 5 aromatic carbocycles. The van der Waals surface area contributed by atoms with Crippen molar-refractivity contribution in [1.29, 1.82) is 10.5 Å². The average Bonchev–Trinajstić information content (AvgIpc) is 3.87. The van der Waals surface area contributed by atoms with E-state index in [4.69, 9.17) is 8.83 Å². The molecule has 0 amide bonds. The Kier molecular flexibility index (Phi) is 9.42. The number of benzene rings is 5. The number of anilines is 2. The van der Waals surface area contributed by atoms with Gasteiger partial charge in [0.2, 0.25) is 0 Å². The summed E-state index contributed by atoms with van der Waals surface area (Å²) >= 11 is 4.53. The summed E-state index contributed by atoms with van der Waals surface area (Å²) < 4.78 is 18.0. The Labute approximate surface area is 333 Å². The third kappa shape index (κ3) is 5.92. The van der Waals surface area contributed by atoms with Crippen molar-refractivity contribution in [2.45, 2.75) is 20.3 Å². The second kappa shape index (κ2) is 14.5. The van der Waals surface area contributed by atoms with Crippen LogP contribution in [-0.2, 0) is 0 Å². The Morgan fingerprint density at radius 1 is 0.811 bits per heavy atom. The SMILES string of the molecule is CC/C=C\C(=C(/C)I)N(c1ccc2cc(/C=C\C=C/I)oc2c1)c1c(C#N)ccc(C#N)c1-n1c2ccccc2c2c3oc4ccccc4c3ccc21. The van der Waals surface area contributed by atoms with Crippen LogP contribution in [0.1, 0.15) is 37.2 Å². The summed E-state index contributed by atoms with van der Waals surface area (Å²) in [4.78, 5) is 2.10. The first-order valence-electron chi connectivity index (χ1n) is 17.1. The lowest BCUT2D eigenvalue weighted by atomic mass is 10.0. The molecule has 0 fully saturated rings. The van der Waals surface area contributed by atoms with E-state index in [-0.39, 0.29) is 0 Å². The van der Waals surface area contributed by atoms with E-state index >= 15 is 0 Å². The highest BCUT2D eigenvalue weighted by atomic mass is 127. The van der Waals surface area contributed by atoms with Crippen LogP contribution in [0.4, 0.5) is 11.4 Å². The maximum Gasteiger partial charge on any atom is 0.145 e. The number of aromatic nitrogens is 1. The van der Waals surface area contributed by atoms with Gasteiger partial charge in [0.25, 0.3) is 0 Å². The third-order valence-electron chi connectivity index (χ3n) is 9.35. The van der Waals surface area contributed by atoms with Gasteiger partial charge in [-0.05, 0) is 107 Å². The predicted molar refractivity (Wildman–Crippen MR) is 234 cm³/mol. The maximum absolute atomic E-state index is 10.9. The molecular formula is C45H30I2N4O2. The molecule has 256 valence electrons. The van der Waals surface area contributed by atoms with Gasteiger partial charge >= 0.3 is 0 Å². The summed E-state index contributed by atoms with van der Waals surface area (Å²) in [6.45, 7) is 4.15. The van der Waals surface area contributed by atoms with Crippen LogP contribution in [0.25, 0.3) is 66.5 Å². The number of rotatable bonds is 8. The molecule has 8 rings (SSSR count). The molecule has 6 nitrogen and oxygen atoms in total. The summed E-state index contributed by atoms with van der Waals surface area (Å²) in [5.41, 5.74) is 7.75. The molecule has 3 aromatic heterocycles. The minimum atomic E-state index is 0.420. The van der Waals surface area contributed by atoms with Gasteiger partial charge in [0.15, 0.2) is 0 Å². The van der Waals surface area contributed by atoms with E-state index in [1.54, 1.807) is 12.1 Å². The fourth-order valence-corrected chi connectivity index (χ4v) is 7.76. The molecule has 8 aromatic rings. The zero-order chi connectivity index (χ0) is 36.6. The number of hydrogen-bond acceptors (Lipinski definition) is 5. The second-order valence-electron chi connectivity index (χ2n) is 12.5. The van der Waals surface area contributed by atoms with E-state index in [9.17, 15) is 10.5 Å². The third-order valence-corrected chi connectivity index (χ3v) is 10.3. The zero-order valence-corrected chi connectivity index (χ0v) is 33.1. The molecule has 0 aliphatic heterocycles. The zero-order valence-electron chi connectivity index (χ0n) is 28.8. The van der Waals surface area contributed by atoms with Crippen molar-refractivity contribution in [2.24, 2.45) is 0 Å². The van der Waals surface area contributed by atoms with Crippen molar-refractivity contribution in [3.63, 3.8) is 0 Å². The number of para-hydroxylation sites is 2. The van der Waals surface area contributed by atoms with E-state index in [0.717, 1.165) is 76.3 Å². The quantitative estimate of drug-likeness (QED) is 0.112. The molecule has 0 radical (unpaired) electrons. The molecule has 0 saturated heterocycles. The average molecular weight is 913 g/mol. The molecule has 0 aliphatic carbocycles. The highest BCUT2D eigenvalue weighted by Gasteiger charge is 2.29. The number of fused-ring (bicyclic) bond motifs is 8. The van der Waals surface area contributed by atoms with Crippen molar-refractivity contribution < 1.29 is 8.83 Å². The molecule has 0 unspecified atom stereocenters. The van der Waals surface area contributed by atoms with Crippen molar-refractivity contribution >= 4 is 117 Å². The Balaban J connectivity index is 1.50. The van der Waals surface area contributed by atoms with Gasteiger partial charge in [0.05, 0.1) is 50.3 Å². The van der Waals surface area contributed by atoms with Crippen LogP contribution >= 0.6 is 45.2 Å². The number of allylic oxidation sites excluding steroid dienone is 5. The molecule has 53 heavy (non-hydrogen) atoms. The second-order valence-corrected chi connectivity index (χ2v) is 14.8. The van der Waals surface area contributed by atoms with Gasteiger partial charge in [0, 0.05) is 31.2 Å². The lowest BCUT2D eigenvalue weighted by Crippen LogP contribution is -2.20. The molecule has 0 bridgehead atoms. The fraction of sp³-hybridized carbons (Fsp3) is 0.0667. The Bertz CT molecular complexity index is 2950. The van der Waals surface area contributed by atoms with Crippen LogP contribution < -0.4 is 4.90 Å². The summed E-state index contributed by atoms with van der Waals surface area (Å²) in [7, 11) is 0. The summed E-state index contributed by atoms with van der Waals surface area (Å²) in [5, 5.41) is 26.7. The van der Waals surface area contributed by atoms with E-state index in [0.29, 0.717) is 28.1 Å². The Morgan fingerprint density at radius 2 is 1.58 bits per heavy atom. The van der Waals surface area contributed by atoms with Crippen LogP contribution in [0.3, 0.4) is 0 Å². The van der Waals surface area contributed by atoms with Gasteiger partial charge in [-0.15, -0.1) is 0 Å². The molecule has 0 N–H and O–H groups in total. The van der Waals surface area contributed by atoms with Crippen molar-refractivity contribution in [1.82, 2.24) is 4.57 Å². The number of nitriles is 2. The lowest BCUT2D eigenvalue weighted by Gasteiger charge is -2.31. The smallest absolute Gasteiger partial charge is 0.145 e. The van der Waals surface area contributed by atoms with Gasteiger partial charge in [0.1, 0.15) is 34.6 Å². The van der Waals surface area contributed by atoms with E-state index in [1.165, 1.54) is 0 Å². The van der Waals surface area contributed by atoms with Crippen LogP contribution in [0, 0.1) is 22.7 Å². The minimum absolute atomic E-state index is 0.420. The first kappa shape index (κ1) is 34.5. The van der Waals surface area contributed by atoms with Gasteiger partial charge in [-0.2, -0.15) is 10.5 Å². The van der Waals surface area contributed by atoms with E-state index in [1.807, 2.05) is 76.9 Å². The summed E-state index contributed by atoms with van der Waals surface area (Å²) in [6, 6.07) is 37.0. The predicted octanol–water partition coefficient (Wildman–Crippen LogP) is 13.9. The number of furan rings is 2. The van der Waals surface area contributed by atoms with Crippen LogP contribution in [-0.4, -0.2) is 4.57 Å². The minimum Gasteiger partial charge on any atom is -0.457 e. The first-order valence-corrected chi connectivity index (χ1v) is 19.4. The largest absolute Gasteiger partial charge is 0.457 e. The van der Waals surface area contributed by atoms with E-state index < -0.39 is 0 Å². The van der Waals surface area contributed by atoms with Gasteiger partial charge < -0.3 is 18.3 Å². The summed E-state index contributed by atoms with van der Waals surface area (Å²) in [6.07, 6.45) is 10.8. The maximum atomic E-state index is 10.9. The molecule has 0 aliphatic rings. The van der Waals surface area contributed by atoms with Crippen LogP contribution in [0.2, 0.25) is 0 Å². The van der Waals surface area contributed by atoms with E-state index in [2.05, 4.69) is 123 Å². The van der Waals surface area contributed by atoms with Gasteiger partial charge in [-0.3, -0.25) is 0 Å². The molecular weight excluding hydrogens is 882 g/mol. The molecule has 8 heteroatoms. The monoisotopic (exact) mass is 912 g/mol. The Hall–Kier alpha value is -5.56. The molecule has 0 atom stereocenters. The van der Waals surface area contributed by atoms with Crippen molar-refractivity contribution in [3.05, 3.63) is 152 Å². The van der Waals surface area contributed by atoms with Crippen LogP contribution in [0.15, 0.2) is 144 Å². The van der Waals surface area contributed by atoms with Crippen molar-refractivity contribution in [2.75, 3.05) is 4.90 Å². The number of halogens is 2. The normalized spacial score (nSPS) is 12.6. The molecule has 3 heterocycles. The Morgan fingerprint density at radius 3 is 2.36 bits per heavy atom. The number of hydrogen-bond donors (Lipinski definition) is 0. The van der Waals surface area contributed by atoms with Gasteiger partial charge in [-0.25, -0.2) is 0 Å². The molecule has 0 saturated carbocycles. The van der Waals surface area contributed by atoms with Gasteiger partial charge in [-0.1, -0.05) is 84.1 Å². The summed E-state index contributed by atoms with van der Waals surface area (Å²) in [5.74, 6) is 0.733. The molecule has 0 spiro atoms. The standard InChI is InChI=1S/C45H30I2N4O2/c1-3-4-14-37(28(2)47)50(32-20-19-29-24-33(11-9-10-23-46)52-41(29)25-32)43-30(26-48)17-18-31(27-49)44(43)51-38-15-7-5-13-36(38)42-39(51)22-21-35-34-12-6-8-16-40(34)53-45(35)42/h4-25H,3H2,1-2H3/b11-9-,14-4-,23-10-,37-28-.